The molecule has 3 heterocycles. The van der Waals surface area contributed by atoms with Crippen molar-refractivity contribution in [3.8, 4) is 5.75 Å². The van der Waals surface area contributed by atoms with Crippen LogP contribution in [-0.4, -0.2) is 35.4 Å². The molecule has 2 aliphatic rings. The molecule has 8 heteroatoms. The average Bonchev–Trinajstić information content (AvgIpc) is 2.75. The van der Waals surface area contributed by atoms with Crippen LogP contribution in [0.2, 0.25) is 5.02 Å². The monoisotopic (exact) mass is 417 g/mol. The van der Waals surface area contributed by atoms with Gasteiger partial charge in [0.1, 0.15) is 23.0 Å². The molecule has 4 rings (SSSR count). The van der Waals surface area contributed by atoms with Crippen molar-refractivity contribution in [2.45, 2.75) is 30.5 Å². The Hall–Kier alpha value is -0.790. The Kier molecular flexibility index (Phi) is 4.06. The number of hydrogen-bond donors (Lipinski definition) is 0. The fourth-order valence-electron chi connectivity index (χ4n) is 3.27. The molecule has 1 aromatic carbocycles. The predicted molar refractivity (Wildman–Crippen MR) is 94.5 cm³/mol. The molecule has 0 radical (unpaired) electrons. The standard InChI is InChI=1S/C15H14BrClFN3OS/c1-23-15-19-12-8-13(10(17)9(16)11(12)18)22-6-7-4-2-3-5-21(7)14(8)20-15/h7H,2-6H2,1H3/t7-/m0/s1. The van der Waals surface area contributed by atoms with Gasteiger partial charge in [-0.3, -0.25) is 0 Å². The number of ether oxygens (including phenoxy) is 1. The van der Waals surface area contributed by atoms with Gasteiger partial charge in [-0.15, -0.1) is 0 Å². The van der Waals surface area contributed by atoms with Gasteiger partial charge < -0.3 is 9.64 Å². The van der Waals surface area contributed by atoms with E-state index >= 15 is 0 Å². The van der Waals surface area contributed by atoms with Crippen molar-refractivity contribution in [1.82, 2.24) is 9.97 Å². The van der Waals surface area contributed by atoms with Gasteiger partial charge in [-0.25, -0.2) is 14.4 Å². The summed E-state index contributed by atoms with van der Waals surface area (Å²) in [6.07, 6.45) is 5.18. The van der Waals surface area contributed by atoms with Crippen LogP contribution < -0.4 is 9.64 Å². The van der Waals surface area contributed by atoms with E-state index in [-0.39, 0.29) is 21.1 Å². The van der Waals surface area contributed by atoms with E-state index in [1.165, 1.54) is 11.8 Å². The molecule has 0 bridgehead atoms. The van der Waals surface area contributed by atoms with E-state index in [1.54, 1.807) is 0 Å². The number of hydrogen-bond acceptors (Lipinski definition) is 5. The second kappa shape index (κ2) is 5.93. The third kappa shape index (κ3) is 2.39. The SMILES string of the molecule is CSc1nc2c3c(c(Cl)c(Br)c(F)c3n1)OC[C@@H]1CCCCN21. The highest BCUT2D eigenvalue weighted by atomic mass is 79.9. The van der Waals surface area contributed by atoms with Gasteiger partial charge in [0.25, 0.3) is 0 Å². The van der Waals surface area contributed by atoms with Crippen molar-refractivity contribution < 1.29 is 9.13 Å². The Labute approximate surface area is 150 Å². The molecule has 122 valence electrons. The van der Waals surface area contributed by atoms with Crippen molar-refractivity contribution in [3.63, 3.8) is 0 Å². The van der Waals surface area contributed by atoms with E-state index in [0.717, 1.165) is 31.6 Å². The average molecular weight is 419 g/mol. The Balaban J connectivity index is 2.09. The maximum Gasteiger partial charge on any atom is 0.189 e. The molecule has 0 spiro atoms. The van der Waals surface area contributed by atoms with E-state index in [9.17, 15) is 4.39 Å². The third-order valence-electron chi connectivity index (χ3n) is 4.39. The van der Waals surface area contributed by atoms with Gasteiger partial charge in [0.15, 0.2) is 16.7 Å². The molecule has 2 aromatic rings. The Bertz CT molecular complexity index is 806. The van der Waals surface area contributed by atoms with E-state index in [4.69, 9.17) is 16.3 Å². The van der Waals surface area contributed by atoms with Crippen LogP contribution in [0.15, 0.2) is 9.63 Å². The van der Waals surface area contributed by atoms with Crippen LogP contribution in [0.3, 0.4) is 0 Å². The molecule has 1 atom stereocenters. The fourth-order valence-corrected chi connectivity index (χ4v) is 4.23. The molecule has 4 nitrogen and oxygen atoms in total. The topological polar surface area (TPSA) is 38.3 Å². The van der Waals surface area contributed by atoms with Crippen LogP contribution in [0.1, 0.15) is 19.3 Å². The summed E-state index contributed by atoms with van der Waals surface area (Å²) < 4.78 is 20.9. The van der Waals surface area contributed by atoms with Gasteiger partial charge in [0.2, 0.25) is 0 Å². The first kappa shape index (κ1) is 15.7. The number of benzene rings is 1. The van der Waals surface area contributed by atoms with Crippen LogP contribution in [0.4, 0.5) is 10.2 Å². The van der Waals surface area contributed by atoms with Gasteiger partial charge in [-0.2, -0.15) is 0 Å². The molecule has 0 saturated carbocycles. The van der Waals surface area contributed by atoms with Crippen molar-refractivity contribution in [2.24, 2.45) is 0 Å². The van der Waals surface area contributed by atoms with Crippen LogP contribution in [-0.2, 0) is 0 Å². The molecule has 0 amide bonds. The normalized spacial score (nSPS) is 20.2. The third-order valence-corrected chi connectivity index (χ3v) is 6.27. The summed E-state index contributed by atoms with van der Waals surface area (Å²) in [5.74, 6) is 0.753. The molecule has 0 unspecified atom stereocenters. The minimum absolute atomic E-state index is 0.193. The number of aromatic nitrogens is 2. The largest absolute Gasteiger partial charge is 0.489 e. The van der Waals surface area contributed by atoms with E-state index in [1.807, 2.05) is 6.26 Å². The van der Waals surface area contributed by atoms with Crippen LogP contribution >= 0.6 is 39.3 Å². The first-order chi connectivity index (χ1) is 11.1. The summed E-state index contributed by atoms with van der Waals surface area (Å²) in [6.45, 7) is 1.42. The molecular formula is C15H14BrClFN3OS. The molecular weight excluding hydrogens is 405 g/mol. The lowest BCUT2D eigenvalue weighted by atomic mass is 10.0. The van der Waals surface area contributed by atoms with Crippen molar-refractivity contribution >= 4 is 56.0 Å². The number of piperidine rings is 1. The summed E-state index contributed by atoms with van der Waals surface area (Å²) in [5, 5.41) is 1.38. The summed E-state index contributed by atoms with van der Waals surface area (Å²) in [5.41, 5.74) is 0.261. The number of fused-ring (bicyclic) bond motifs is 2. The van der Waals surface area contributed by atoms with Gasteiger partial charge in [0.05, 0.1) is 15.9 Å². The molecule has 1 aromatic heterocycles. The quantitative estimate of drug-likeness (QED) is 0.383. The summed E-state index contributed by atoms with van der Waals surface area (Å²) in [7, 11) is 0. The van der Waals surface area contributed by atoms with E-state index < -0.39 is 5.82 Å². The van der Waals surface area contributed by atoms with Crippen LogP contribution in [0.25, 0.3) is 10.9 Å². The van der Waals surface area contributed by atoms with Gasteiger partial charge in [0, 0.05) is 6.54 Å². The summed E-state index contributed by atoms with van der Waals surface area (Å²) >= 11 is 11.0. The summed E-state index contributed by atoms with van der Waals surface area (Å²) in [4.78, 5) is 11.3. The first-order valence-electron chi connectivity index (χ1n) is 7.43. The lowest BCUT2D eigenvalue weighted by Gasteiger charge is -2.35. The Morgan fingerprint density at radius 3 is 3.00 bits per heavy atom. The minimum Gasteiger partial charge on any atom is -0.489 e. The highest BCUT2D eigenvalue weighted by molar-refractivity contribution is 9.10. The molecule has 0 aliphatic carbocycles. The predicted octanol–water partition coefficient (Wildman–Crippen LogP) is 4.66. The Morgan fingerprint density at radius 2 is 2.22 bits per heavy atom. The fraction of sp³-hybridized carbons (Fsp3) is 0.467. The van der Waals surface area contributed by atoms with Crippen LogP contribution in [0.5, 0.6) is 5.75 Å². The van der Waals surface area contributed by atoms with E-state index in [0.29, 0.717) is 22.9 Å². The van der Waals surface area contributed by atoms with Gasteiger partial charge in [-0.05, 0) is 41.4 Å². The molecule has 1 fully saturated rings. The molecule has 0 N–H and O–H groups in total. The van der Waals surface area contributed by atoms with Crippen molar-refractivity contribution in [2.75, 3.05) is 24.3 Å². The summed E-state index contributed by atoms with van der Waals surface area (Å²) in [6, 6.07) is 0.238. The van der Waals surface area contributed by atoms with E-state index in [2.05, 4.69) is 30.8 Å². The number of anilines is 1. The molecule has 23 heavy (non-hydrogen) atoms. The molecule has 1 saturated heterocycles. The number of thioether (sulfide) groups is 1. The lowest BCUT2D eigenvalue weighted by Crippen LogP contribution is -2.42. The lowest BCUT2D eigenvalue weighted by molar-refractivity contribution is 0.267. The Morgan fingerprint density at radius 1 is 1.39 bits per heavy atom. The number of rotatable bonds is 1. The van der Waals surface area contributed by atoms with Crippen LogP contribution in [0, 0.1) is 5.82 Å². The number of halogens is 3. The second-order valence-corrected chi connectivity index (χ2v) is 7.63. The highest BCUT2D eigenvalue weighted by Gasteiger charge is 2.33. The second-order valence-electron chi connectivity index (χ2n) is 5.68. The van der Waals surface area contributed by atoms with Gasteiger partial charge in [-0.1, -0.05) is 23.4 Å². The zero-order valence-corrected chi connectivity index (χ0v) is 15.6. The minimum atomic E-state index is -0.466. The van der Waals surface area contributed by atoms with Crippen molar-refractivity contribution in [3.05, 3.63) is 15.3 Å². The highest BCUT2D eigenvalue weighted by Crippen LogP contribution is 2.47. The maximum absolute atomic E-state index is 14.7. The zero-order chi connectivity index (χ0) is 16.1. The smallest absolute Gasteiger partial charge is 0.189 e. The van der Waals surface area contributed by atoms with Crippen molar-refractivity contribution in [1.29, 1.82) is 0 Å². The number of nitrogens with zero attached hydrogens (tertiary/aromatic N) is 3. The first-order valence-corrected chi connectivity index (χ1v) is 9.83. The van der Waals surface area contributed by atoms with Gasteiger partial charge >= 0.3 is 0 Å². The maximum atomic E-state index is 14.7. The molecule has 2 aliphatic heterocycles. The zero-order valence-electron chi connectivity index (χ0n) is 12.4.